The van der Waals surface area contributed by atoms with Crippen LogP contribution in [0.2, 0.25) is 0 Å². The van der Waals surface area contributed by atoms with E-state index >= 15 is 0 Å². The number of terminal acetylenes is 1. The summed E-state index contributed by atoms with van der Waals surface area (Å²) >= 11 is 0. The lowest BCUT2D eigenvalue weighted by molar-refractivity contribution is -0.145. The number of hydrogen-bond donors (Lipinski definition) is 4. The molecule has 5 atom stereocenters. The van der Waals surface area contributed by atoms with Gasteiger partial charge in [0.1, 0.15) is 12.1 Å². The molecule has 0 aromatic heterocycles. The van der Waals surface area contributed by atoms with Crippen molar-refractivity contribution in [3.05, 3.63) is 0 Å². The predicted octanol–water partition coefficient (Wildman–Crippen LogP) is 2.06. The first-order chi connectivity index (χ1) is 23.3. The third-order valence-corrected chi connectivity index (χ3v) is 13.7. The number of Topliss-reactive ketones (excluding diaryl/α,β-unsaturated/α-hetero) is 1. The number of carbonyl (C=O) groups is 5. The lowest BCUT2D eigenvalue weighted by Gasteiger charge is -2.41. The van der Waals surface area contributed by atoms with Crippen LogP contribution in [-0.4, -0.2) is 102 Å². The number of amides is 5. The highest BCUT2D eigenvalue weighted by Gasteiger charge is 2.70. The zero-order chi connectivity index (χ0) is 36.8. The summed E-state index contributed by atoms with van der Waals surface area (Å²) in [7, 11) is -2.04. The van der Waals surface area contributed by atoms with Gasteiger partial charge in [-0.2, -0.15) is 0 Å². The van der Waals surface area contributed by atoms with Gasteiger partial charge in [-0.3, -0.25) is 19.2 Å². The van der Waals surface area contributed by atoms with E-state index in [1.54, 1.807) is 7.05 Å². The summed E-state index contributed by atoms with van der Waals surface area (Å²) < 4.78 is 28.2. The normalized spacial score (nSPS) is 26.5. The Bertz CT molecular complexity index is 1520. The summed E-state index contributed by atoms with van der Waals surface area (Å²) in [4.78, 5) is 69.6. The smallest absolute Gasteiger partial charge is 0.315 e. The number of nitrogens with one attached hydrogen (secondary N) is 4. The average Bonchev–Trinajstić information content (AvgIpc) is 3.98. The average molecular weight is 717 g/mol. The molecule has 0 bridgehead atoms. The number of piperidine rings is 1. The maximum absolute atomic E-state index is 14.5. The first-order valence-corrected chi connectivity index (χ1v) is 19.9. The molecule has 278 valence electrons. The van der Waals surface area contributed by atoms with Crippen LogP contribution in [-0.2, 0) is 29.2 Å². The van der Waals surface area contributed by atoms with E-state index in [2.05, 4.69) is 27.2 Å². The Morgan fingerprint density at radius 3 is 2.20 bits per heavy atom. The molecule has 0 radical (unpaired) electrons. The Labute approximate surface area is 297 Å². The van der Waals surface area contributed by atoms with Gasteiger partial charge in [-0.25, -0.2) is 17.5 Å². The van der Waals surface area contributed by atoms with Gasteiger partial charge in [0.2, 0.25) is 27.6 Å². The minimum atomic E-state index is -3.64. The second-order valence-corrected chi connectivity index (χ2v) is 19.1. The van der Waals surface area contributed by atoms with E-state index in [9.17, 15) is 32.4 Å². The fraction of sp³-hybridized carbons (Fsp3) is 0.806. The van der Waals surface area contributed by atoms with E-state index in [0.717, 1.165) is 44.9 Å². The van der Waals surface area contributed by atoms with Crippen LogP contribution >= 0.6 is 0 Å². The summed E-state index contributed by atoms with van der Waals surface area (Å²) in [5, 5.41) is 11.3. The van der Waals surface area contributed by atoms with Crippen molar-refractivity contribution in [2.45, 2.75) is 141 Å². The molecule has 1 aliphatic heterocycles. The predicted molar refractivity (Wildman–Crippen MR) is 188 cm³/mol. The Morgan fingerprint density at radius 2 is 1.64 bits per heavy atom. The van der Waals surface area contributed by atoms with Crippen LogP contribution < -0.4 is 21.3 Å². The van der Waals surface area contributed by atoms with Gasteiger partial charge in [0.05, 0.1) is 17.3 Å². The summed E-state index contributed by atoms with van der Waals surface area (Å²) in [6.07, 6.45) is 12.5. The van der Waals surface area contributed by atoms with Crippen LogP contribution in [0.1, 0.15) is 105 Å². The van der Waals surface area contributed by atoms with E-state index in [0.29, 0.717) is 19.4 Å². The highest BCUT2D eigenvalue weighted by atomic mass is 32.2. The number of rotatable bonds is 14. The minimum absolute atomic E-state index is 0.00442. The number of fused-ring (bicyclic) bond motifs is 1. The van der Waals surface area contributed by atoms with Gasteiger partial charge in [-0.05, 0) is 67.6 Å². The van der Waals surface area contributed by atoms with Gasteiger partial charge in [-0.15, -0.1) is 12.3 Å². The van der Waals surface area contributed by atoms with Crippen molar-refractivity contribution in [1.82, 2.24) is 30.5 Å². The summed E-state index contributed by atoms with van der Waals surface area (Å²) in [5.41, 5.74) is -1.97. The third kappa shape index (κ3) is 8.30. The highest BCUT2D eigenvalue weighted by Crippen LogP contribution is 2.65. The van der Waals surface area contributed by atoms with Gasteiger partial charge in [0.25, 0.3) is 5.91 Å². The number of ketones is 1. The second kappa shape index (κ2) is 14.1. The molecule has 5 rings (SSSR count). The molecule has 13 nitrogen and oxygen atoms in total. The molecule has 0 unspecified atom stereocenters. The largest absolute Gasteiger partial charge is 0.347 e. The van der Waals surface area contributed by atoms with Crippen LogP contribution in [0.25, 0.3) is 0 Å². The second-order valence-electron chi connectivity index (χ2n) is 17.0. The molecule has 0 spiro atoms. The lowest BCUT2D eigenvalue weighted by atomic mass is 9.83. The summed E-state index contributed by atoms with van der Waals surface area (Å²) in [6.45, 7) is 9.85. The van der Waals surface area contributed by atoms with E-state index < -0.39 is 68.6 Å². The van der Waals surface area contributed by atoms with Crippen molar-refractivity contribution in [2.24, 2.45) is 22.7 Å². The topological polar surface area (TPSA) is 174 Å². The summed E-state index contributed by atoms with van der Waals surface area (Å²) in [5.74, 6) is -0.378. The molecule has 5 fully saturated rings. The van der Waals surface area contributed by atoms with E-state index in [1.807, 2.05) is 34.6 Å². The van der Waals surface area contributed by atoms with Gasteiger partial charge in [0.15, 0.2) is 0 Å². The van der Waals surface area contributed by atoms with Crippen LogP contribution in [0.3, 0.4) is 0 Å². The molecule has 4 saturated carbocycles. The van der Waals surface area contributed by atoms with Crippen molar-refractivity contribution in [3.8, 4) is 12.3 Å². The van der Waals surface area contributed by atoms with E-state index in [1.165, 1.54) is 9.21 Å². The maximum atomic E-state index is 14.5. The Kier molecular flexibility index (Phi) is 10.7. The molecule has 5 amide bonds. The molecule has 1 saturated heterocycles. The van der Waals surface area contributed by atoms with Crippen LogP contribution in [0, 0.1) is 35.0 Å². The molecular formula is C36H56N6O7S. The van der Waals surface area contributed by atoms with Crippen molar-refractivity contribution in [3.63, 3.8) is 0 Å². The van der Waals surface area contributed by atoms with Crippen LogP contribution in [0.15, 0.2) is 0 Å². The Hall–Kier alpha value is -3.18. The summed E-state index contributed by atoms with van der Waals surface area (Å²) in [6, 6.07) is -3.77. The first-order valence-electron chi connectivity index (χ1n) is 18.2. The first kappa shape index (κ1) is 38.1. The van der Waals surface area contributed by atoms with Crippen molar-refractivity contribution >= 4 is 39.6 Å². The SMILES string of the molecule is C#CCC[C@H](NC(=O)[C@@H]1[C@@H]2[C@H](CN1C(=O)[C@@H](NC(=O)NC1(CS(=O)(=O)N(C)C3CC3)CCCCC1)C(C)(C)C)C2(C)C)C(=O)C(=O)NC1CC1. The standard InChI is InChI=1S/C36H56N6O7S/c1-8-9-13-25(28(43)31(45)37-22-14-15-22)38-30(44)27-26-24(35(26,5)6)20-42(27)32(46)29(34(2,3)4)39-33(47)40-36(18-11-10-12-19-36)21-50(48,49)41(7)23-16-17-23/h1,22-27,29H,9-21H2,2-7H3,(H,37,45)(H,38,44)(H2,39,40,47)/t24-,25-,26-,27-,29+/m0/s1. The molecule has 50 heavy (non-hydrogen) atoms. The molecule has 4 aliphatic carbocycles. The molecule has 1 heterocycles. The number of hydrogen-bond acceptors (Lipinski definition) is 7. The minimum Gasteiger partial charge on any atom is -0.347 e. The van der Waals surface area contributed by atoms with Gasteiger partial charge in [-0.1, -0.05) is 53.9 Å². The highest BCUT2D eigenvalue weighted by molar-refractivity contribution is 7.89. The number of nitrogens with zero attached hydrogens (tertiary/aromatic N) is 2. The number of sulfonamides is 1. The fourth-order valence-corrected chi connectivity index (χ4v) is 10.0. The molecule has 14 heteroatoms. The molecule has 0 aromatic carbocycles. The third-order valence-electron chi connectivity index (χ3n) is 11.6. The fourth-order valence-electron chi connectivity index (χ4n) is 8.08. The molecular weight excluding hydrogens is 660 g/mol. The van der Waals surface area contributed by atoms with Crippen LogP contribution in [0.4, 0.5) is 4.79 Å². The zero-order valence-electron chi connectivity index (χ0n) is 30.5. The maximum Gasteiger partial charge on any atom is 0.315 e. The quantitative estimate of drug-likeness (QED) is 0.157. The molecule has 4 N–H and O–H groups in total. The molecule has 5 aliphatic rings. The van der Waals surface area contributed by atoms with Gasteiger partial charge in [0, 0.05) is 32.1 Å². The van der Waals surface area contributed by atoms with Crippen LogP contribution in [0.5, 0.6) is 0 Å². The van der Waals surface area contributed by atoms with E-state index in [4.69, 9.17) is 6.42 Å². The van der Waals surface area contributed by atoms with Crippen molar-refractivity contribution < 1.29 is 32.4 Å². The van der Waals surface area contributed by atoms with E-state index in [-0.39, 0.29) is 47.9 Å². The van der Waals surface area contributed by atoms with Gasteiger partial charge < -0.3 is 26.2 Å². The Balaban J connectivity index is 1.33. The Morgan fingerprint density at radius 1 is 1.00 bits per heavy atom. The van der Waals surface area contributed by atoms with Crippen molar-refractivity contribution in [2.75, 3.05) is 19.3 Å². The van der Waals surface area contributed by atoms with Crippen molar-refractivity contribution in [1.29, 1.82) is 0 Å². The monoisotopic (exact) mass is 716 g/mol. The number of carbonyl (C=O) groups excluding carboxylic acids is 5. The number of likely N-dealkylation sites (tertiary alicyclic amines) is 1. The lowest BCUT2D eigenvalue weighted by Crippen LogP contribution is -2.64. The number of urea groups is 1. The van der Waals surface area contributed by atoms with Gasteiger partial charge >= 0.3 is 6.03 Å². The molecule has 0 aromatic rings. The zero-order valence-corrected chi connectivity index (χ0v) is 31.3.